The minimum Gasteiger partial charge on any atom is -0.326 e. The lowest BCUT2D eigenvalue weighted by molar-refractivity contribution is -0.137. The molecular formula is C14H18ClF3N2O. The Morgan fingerprint density at radius 2 is 2.14 bits per heavy atom. The van der Waals surface area contributed by atoms with Crippen LogP contribution in [0.25, 0.3) is 0 Å². The van der Waals surface area contributed by atoms with Crippen LogP contribution in [-0.2, 0) is 11.0 Å². The van der Waals surface area contributed by atoms with Gasteiger partial charge in [0.25, 0.3) is 0 Å². The zero-order chi connectivity index (χ0) is 14.8. The van der Waals surface area contributed by atoms with Crippen molar-refractivity contribution in [2.75, 3.05) is 11.9 Å². The van der Waals surface area contributed by atoms with Crippen LogP contribution in [-0.4, -0.2) is 18.5 Å². The molecule has 1 fully saturated rings. The van der Waals surface area contributed by atoms with E-state index >= 15 is 0 Å². The maximum Gasteiger partial charge on any atom is 0.416 e. The van der Waals surface area contributed by atoms with Crippen molar-refractivity contribution < 1.29 is 18.0 Å². The fourth-order valence-electron chi connectivity index (χ4n) is 2.29. The van der Waals surface area contributed by atoms with Crippen LogP contribution >= 0.6 is 12.4 Å². The topological polar surface area (TPSA) is 41.1 Å². The molecule has 1 saturated heterocycles. The highest BCUT2D eigenvalue weighted by Gasteiger charge is 2.31. The van der Waals surface area contributed by atoms with Gasteiger partial charge in [-0.2, -0.15) is 13.2 Å². The first-order chi connectivity index (χ1) is 9.36. The molecule has 0 radical (unpaired) electrons. The van der Waals surface area contributed by atoms with Crippen molar-refractivity contribution >= 4 is 24.0 Å². The molecule has 2 N–H and O–H groups in total. The van der Waals surface area contributed by atoms with Gasteiger partial charge in [0.15, 0.2) is 0 Å². The van der Waals surface area contributed by atoms with Crippen molar-refractivity contribution in [3.8, 4) is 0 Å². The number of aryl methyl sites for hydroxylation is 1. The number of rotatable bonds is 3. The molecule has 1 aliphatic rings. The zero-order valence-electron chi connectivity index (χ0n) is 11.6. The van der Waals surface area contributed by atoms with Gasteiger partial charge < -0.3 is 10.6 Å². The van der Waals surface area contributed by atoms with Crippen LogP contribution in [0.4, 0.5) is 18.9 Å². The maximum atomic E-state index is 12.6. The van der Waals surface area contributed by atoms with Gasteiger partial charge >= 0.3 is 6.18 Å². The summed E-state index contributed by atoms with van der Waals surface area (Å²) in [4.78, 5) is 11.8. The standard InChI is InChI=1S/C14H17F3N2O.ClH/c1-9-4-5-10(14(15,16)17)7-12(9)19-13(20)8-11-3-2-6-18-11;/h4-5,7,11,18H,2-3,6,8H2,1H3,(H,19,20);1H. The highest BCUT2D eigenvalue weighted by atomic mass is 35.5. The number of anilines is 1. The predicted molar refractivity (Wildman–Crippen MR) is 77.7 cm³/mol. The number of carbonyl (C=O) groups is 1. The molecule has 0 aromatic heterocycles. The Morgan fingerprint density at radius 3 is 2.71 bits per heavy atom. The van der Waals surface area contributed by atoms with E-state index in [-0.39, 0.29) is 36.5 Å². The Balaban J connectivity index is 0.00000220. The summed E-state index contributed by atoms with van der Waals surface area (Å²) in [6, 6.07) is 3.49. The summed E-state index contributed by atoms with van der Waals surface area (Å²) in [5.74, 6) is -0.258. The lowest BCUT2D eigenvalue weighted by atomic mass is 10.1. The van der Waals surface area contributed by atoms with Crippen molar-refractivity contribution in [2.24, 2.45) is 0 Å². The minimum absolute atomic E-state index is 0. The lowest BCUT2D eigenvalue weighted by Crippen LogP contribution is -2.27. The molecule has 3 nitrogen and oxygen atoms in total. The van der Waals surface area contributed by atoms with Crippen molar-refractivity contribution in [1.82, 2.24) is 5.32 Å². The van der Waals surface area contributed by atoms with E-state index in [4.69, 9.17) is 0 Å². The fourth-order valence-corrected chi connectivity index (χ4v) is 2.29. The van der Waals surface area contributed by atoms with Gasteiger partial charge in [0, 0.05) is 18.2 Å². The first-order valence-electron chi connectivity index (χ1n) is 6.57. The third-order valence-corrected chi connectivity index (χ3v) is 3.43. The van der Waals surface area contributed by atoms with Crippen LogP contribution in [0.3, 0.4) is 0 Å². The van der Waals surface area contributed by atoms with E-state index in [1.807, 2.05) is 0 Å². The van der Waals surface area contributed by atoms with Crippen molar-refractivity contribution in [1.29, 1.82) is 0 Å². The first-order valence-corrected chi connectivity index (χ1v) is 6.57. The summed E-state index contributed by atoms with van der Waals surface area (Å²) in [6.07, 6.45) is -2.16. The summed E-state index contributed by atoms with van der Waals surface area (Å²) in [5.41, 5.74) is 0.0888. The predicted octanol–water partition coefficient (Wildman–Crippen LogP) is 3.52. The SMILES string of the molecule is Cc1ccc(C(F)(F)F)cc1NC(=O)CC1CCCN1.Cl. The number of nitrogens with one attached hydrogen (secondary N) is 2. The molecule has 0 bridgehead atoms. The van der Waals surface area contributed by atoms with Gasteiger partial charge in [-0.25, -0.2) is 0 Å². The number of alkyl halides is 3. The van der Waals surface area contributed by atoms with E-state index in [0.717, 1.165) is 31.5 Å². The normalized spacial score (nSPS) is 18.2. The molecule has 1 unspecified atom stereocenters. The molecule has 1 aromatic carbocycles. The number of hydrogen-bond donors (Lipinski definition) is 2. The Hall–Kier alpha value is -1.27. The number of benzene rings is 1. The van der Waals surface area contributed by atoms with Gasteiger partial charge in [-0.3, -0.25) is 4.79 Å². The smallest absolute Gasteiger partial charge is 0.326 e. The zero-order valence-corrected chi connectivity index (χ0v) is 12.4. The number of carbonyl (C=O) groups excluding carboxylic acids is 1. The van der Waals surface area contributed by atoms with Gasteiger partial charge in [-0.1, -0.05) is 6.07 Å². The Bertz CT molecular complexity index is 499. The number of hydrogen-bond acceptors (Lipinski definition) is 2. The summed E-state index contributed by atoms with van der Waals surface area (Å²) < 4.78 is 37.9. The third kappa shape index (κ3) is 4.89. The fraction of sp³-hybridized carbons (Fsp3) is 0.500. The average Bonchev–Trinajstić information content (AvgIpc) is 2.83. The van der Waals surface area contributed by atoms with Crippen LogP contribution in [0.15, 0.2) is 18.2 Å². The summed E-state index contributed by atoms with van der Waals surface area (Å²) in [5, 5.41) is 5.75. The van der Waals surface area contributed by atoms with Crippen LogP contribution in [0.2, 0.25) is 0 Å². The Kier molecular flexibility index (Phi) is 6.04. The highest BCUT2D eigenvalue weighted by Crippen LogP contribution is 2.32. The summed E-state index contributed by atoms with van der Waals surface area (Å²) in [7, 11) is 0. The van der Waals surface area contributed by atoms with E-state index in [0.29, 0.717) is 5.56 Å². The lowest BCUT2D eigenvalue weighted by Gasteiger charge is -2.14. The Morgan fingerprint density at radius 1 is 1.43 bits per heavy atom. The van der Waals surface area contributed by atoms with Crippen LogP contribution < -0.4 is 10.6 Å². The molecule has 0 spiro atoms. The second-order valence-electron chi connectivity index (χ2n) is 5.07. The molecule has 21 heavy (non-hydrogen) atoms. The molecule has 118 valence electrons. The van der Waals surface area contributed by atoms with Crippen molar-refractivity contribution in [3.63, 3.8) is 0 Å². The quantitative estimate of drug-likeness (QED) is 0.894. The monoisotopic (exact) mass is 322 g/mol. The van der Waals surface area contributed by atoms with Gasteiger partial charge in [-0.05, 0) is 44.0 Å². The van der Waals surface area contributed by atoms with E-state index in [1.165, 1.54) is 6.07 Å². The highest BCUT2D eigenvalue weighted by molar-refractivity contribution is 5.92. The van der Waals surface area contributed by atoms with Gasteiger partial charge in [-0.15, -0.1) is 12.4 Å². The van der Waals surface area contributed by atoms with E-state index in [9.17, 15) is 18.0 Å². The molecule has 1 atom stereocenters. The largest absolute Gasteiger partial charge is 0.416 e. The minimum atomic E-state index is -4.40. The molecule has 1 heterocycles. The van der Waals surface area contributed by atoms with Crippen LogP contribution in [0.1, 0.15) is 30.4 Å². The molecule has 2 rings (SSSR count). The molecule has 1 aromatic rings. The van der Waals surface area contributed by atoms with E-state index in [2.05, 4.69) is 10.6 Å². The van der Waals surface area contributed by atoms with Crippen molar-refractivity contribution in [3.05, 3.63) is 29.3 Å². The Labute approximate surface area is 127 Å². The van der Waals surface area contributed by atoms with E-state index < -0.39 is 11.7 Å². The van der Waals surface area contributed by atoms with Gasteiger partial charge in [0.1, 0.15) is 0 Å². The van der Waals surface area contributed by atoms with Gasteiger partial charge in [0.05, 0.1) is 5.56 Å². The second-order valence-corrected chi connectivity index (χ2v) is 5.07. The number of halogens is 4. The molecule has 7 heteroatoms. The first kappa shape index (κ1) is 17.8. The van der Waals surface area contributed by atoms with E-state index in [1.54, 1.807) is 6.92 Å². The molecular weight excluding hydrogens is 305 g/mol. The molecule has 0 aliphatic carbocycles. The maximum absolute atomic E-state index is 12.6. The van der Waals surface area contributed by atoms with Crippen LogP contribution in [0, 0.1) is 6.92 Å². The summed E-state index contributed by atoms with van der Waals surface area (Å²) >= 11 is 0. The van der Waals surface area contributed by atoms with Crippen molar-refractivity contribution in [2.45, 2.75) is 38.4 Å². The molecule has 0 saturated carbocycles. The molecule has 1 aliphatic heterocycles. The van der Waals surface area contributed by atoms with Gasteiger partial charge in [0.2, 0.25) is 5.91 Å². The second kappa shape index (κ2) is 7.13. The third-order valence-electron chi connectivity index (χ3n) is 3.43. The van der Waals surface area contributed by atoms with Crippen LogP contribution in [0.5, 0.6) is 0 Å². The summed E-state index contributed by atoms with van der Waals surface area (Å²) in [6.45, 7) is 2.56. The molecule has 1 amide bonds. The number of amides is 1. The average molecular weight is 323 g/mol.